The smallest absolute Gasteiger partial charge is 0.255 e. The Morgan fingerprint density at radius 3 is 2.53 bits per heavy atom. The molecule has 4 aromatic rings. The van der Waals surface area contributed by atoms with Gasteiger partial charge in [0, 0.05) is 31.6 Å². The minimum absolute atomic E-state index is 0.0825. The fraction of sp³-hybridized carbons (Fsp3) is 0.250. The van der Waals surface area contributed by atoms with Crippen molar-refractivity contribution in [3.05, 3.63) is 60.0 Å². The molecular weight excluding hydrogens is 482 g/mol. The van der Waals surface area contributed by atoms with E-state index >= 15 is 0 Å². The molecule has 0 aliphatic carbocycles. The number of carbonyl (C=O) groups excluding carboxylic acids is 1. The van der Waals surface area contributed by atoms with Gasteiger partial charge in [0.15, 0.2) is 15.5 Å². The fourth-order valence-electron chi connectivity index (χ4n) is 3.98. The number of anilines is 4. The molecule has 5 rings (SSSR count). The predicted molar refractivity (Wildman–Crippen MR) is 136 cm³/mol. The Balaban J connectivity index is 1.43. The molecule has 1 fully saturated rings. The minimum Gasteiger partial charge on any atom is -0.378 e. The first-order valence-corrected chi connectivity index (χ1v) is 13.2. The summed E-state index contributed by atoms with van der Waals surface area (Å²) in [5, 5.41) is 6.35. The number of hydrogen-bond acceptors (Lipinski definition) is 9. The largest absolute Gasteiger partial charge is 0.378 e. The average Bonchev–Trinajstić information content (AvgIpc) is 3.25. The molecule has 12 heteroatoms. The number of pyridine rings is 2. The normalized spacial score (nSPS) is 14.1. The van der Waals surface area contributed by atoms with Crippen molar-refractivity contribution in [3.8, 4) is 0 Å². The molecule has 0 spiro atoms. The molecule has 4 heterocycles. The second kappa shape index (κ2) is 9.55. The van der Waals surface area contributed by atoms with Crippen LogP contribution in [0, 0.1) is 6.92 Å². The maximum Gasteiger partial charge on any atom is 0.255 e. The molecule has 0 saturated carbocycles. The summed E-state index contributed by atoms with van der Waals surface area (Å²) in [5.74, 6) is 1.54. The molecule has 1 aromatic carbocycles. The number of ether oxygens (including phenoxy) is 1. The molecule has 0 radical (unpaired) electrons. The minimum atomic E-state index is -3.45. The van der Waals surface area contributed by atoms with Crippen LogP contribution in [-0.2, 0) is 14.6 Å². The zero-order chi connectivity index (χ0) is 25.3. The highest BCUT2D eigenvalue weighted by atomic mass is 32.2. The molecule has 1 saturated heterocycles. The summed E-state index contributed by atoms with van der Waals surface area (Å²) < 4.78 is 29.8. The van der Waals surface area contributed by atoms with Gasteiger partial charge in [-0.05, 0) is 31.2 Å². The van der Waals surface area contributed by atoms with Gasteiger partial charge < -0.3 is 25.3 Å². The molecule has 1 aliphatic heterocycles. The first-order valence-electron chi connectivity index (χ1n) is 11.3. The maximum atomic E-state index is 12.7. The number of sulfone groups is 1. The SMILES string of the molecule is Cc1nc2c(Nc3ccccc3S(C)(=O)=O)cc(Nc3ccc(C(=O)N4CCOCC4)cn3)nc2[nH]1. The summed E-state index contributed by atoms with van der Waals surface area (Å²) in [7, 11) is -3.45. The number of benzene rings is 1. The summed E-state index contributed by atoms with van der Waals surface area (Å²) in [6.45, 7) is 4.00. The Bertz CT molecular complexity index is 1530. The maximum absolute atomic E-state index is 12.7. The van der Waals surface area contributed by atoms with Crippen molar-refractivity contribution in [1.82, 2.24) is 24.8 Å². The van der Waals surface area contributed by atoms with Crippen LogP contribution in [-0.4, -0.2) is 71.7 Å². The van der Waals surface area contributed by atoms with E-state index in [1.165, 1.54) is 12.5 Å². The summed E-state index contributed by atoms with van der Waals surface area (Å²) in [5.41, 5.74) is 2.59. The van der Waals surface area contributed by atoms with Gasteiger partial charge in [0.1, 0.15) is 23.0 Å². The number of nitrogens with zero attached hydrogens (tertiary/aromatic N) is 4. The van der Waals surface area contributed by atoms with Crippen LogP contribution in [0.15, 0.2) is 53.6 Å². The van der Waals surface area contributed by atoms with Gasteiger partial charge in [-0.2, -0.15) is 0 Å². The number of amides is 1. The Hall–Kier alpha value is -4.03. The van der Waals surface area contributed by atoms with E-state index in [1.54, 1.807) is 47.4 Å². The van der Waals surface area contributed by atoms with Crippen LogP contribution in [0.2, 0.25) is 0 Å². The lowest BCUT2D eigenvalue weighted by molar-refractivity contribution is 0.0302. The second-order valence-corrected chi connectivity index (χ2v) is 10.4. The molecule has 3 aromatic heterocycles. The highest BCUT2D eigenvalue weighted by molar-refractivity contribution is 7.90. The second-order valence-electron chi connectivity index (χ2n) is 8.43. The number of H-pyrrole nitrogens is 1. The van der Waals surface area contributed by atoms with Crippen LogP contribution in [0.25, 0.3) is 11.2 Å². The Labute approximate surface area is 207 Å². The van der Waals surface area contributed by atoms with Crippen LogP contribution in [0.4, 0.5) is 23.0 Å². The number of aromatic nitrogens is 4. The summed E-state index contributed by atoms with van der Waals surface area (Å²) in [6, 6.07) is 11.8. The van der Waals surface area contributed by atoms with Gasteiger partial charge in [-0.25, -0.2) is 23.4 Å². The summed E-state index contributed by atoms with van der Waals surface area (Å²) >= 11 is 0. The number of aryl methyl sites for hydroxylation is 1. The number of imidazole rings is 1. The Kier molecular flexibility index (Phi) is 6.29. The number of carbonyl (C=O) groups is 1. The molecule has 186 valence electrons. The van der Waals surface area contributed by atoms with E-state index in [9.17, 15) is 13.2 Å². The van der Waals surface area contributed by atoms with E-state index in [1.807, 2.05) is 6.92 Å². The van der Waals surface area contributed by atoms with E-state index in [0.29, 0.717) is 71.9 Å². The zero-order valence-corrected chi connectivity index (χ0v) is 20.6. The number of para-hydroxylation sites is 1. The van der Waals surface area contributed by atoms with Crippen LogP contribution in [0.1, 0.15) is 16.2 Å². The van der Waals surface area contributed by atoms with Gasteiger partial charge in [-0.1, -0.05) is 12.1 Å². The Morgan fingerprint density at radius 1 is 1.03 bits per heavy atom. The van der Waals surface area contributed by atoms with Crippen molar-refractivity contribution in [2.24, 2.45) is 0 Å². The van der Waals surface area contributed by atoms with Gasteiger partial charge in [-0.15, -0.1) is 0 Å². The molecule has 1 amide bonds. The molecule has 1 aliphatic rings. The van der Waals surface area contributed by atoms with Gasteiger partial charge in [0.2, 0.25) is 0 Å². The zero-order valence-electron chi connectivity index (χ0n) is 19.8. The number of fused-ring (bicyclic) bond motifs is 1. The van der Waals surface area contributed by atoms with Gasteiger partial charge in [-0.3, -0.25) is 4.79 Å². The standard InChI is InChI=1S/C24H25N7O4S/c1-15-26-22-18(28-17-5-3-4-6-19(17)36(2,33)34)13-21(30-23(22)27-15)29-20-8-7-16(14-25-20)24(32)31-9-11-35-12-10-31/h3-8,13-14H,9-12H2,1-2H3,(H3,25,26,27,28,29,30). The van der Waals surface area contributed by atoms with Crippen LogP contribution >= 0.6 is 0 Å². The molecular formula is C24H25N7O4S. The van der Waals surface area contributed by atoms with Crippen molar-refractivity contribution >= 4 is 49.9 Å². The molecule has 0 unspecified atom stereocenters. The number of rotatable bonds is 6. The van der Waals surface area contributed by atoms with E-state index < -0.39 is 9.84 Å². The molecule has 0 atom stereocenters. The molecule has 36 heavy (non-hydrogen) atoms. The predicted octanol–water partition coefficient (Wildman–Crippen LogP) is 3.02. The van der Waals surface area contributed by atoms with Crippen molar-refractivity contribution in [2.45, 2.75) is 11.8 Å². The summed E-state index contributed by atoms with van der Waals surface area (Å²) in [4.78, 5) is 31.2. The highest BCUT2D eigenvalue weighted by Crippen LogP contribution is 2.31. The molecule has 11 nitrogen and oxygen atoms in total. The molecule has 3 N–H and O–H groups in total. The van der Waals surface area contributed by atoms with Crippen molar-refractivity contribution in [2.75, 3.05) is 43.2 Å². The van der Waals surface area contributed by atoms with Gasteiger partial charge >= 0.3 is 0 Å². The summed E-state index contributed by atoms with van der Waals surface area (Å²) in [6.07, 6.45) is 2.70. The molecule has 0 bridgehead atoms. The third-order valence-electron chi connectivity index (χ3n) is 5.69. The van der Waals surface area contributed by atoms with Crippen LogP contribution in [0.3, 0.4) is 0 Å². The first kappa shape index (κ1) is 23.7. The lowest BCUT2D eigenvalue weighted by Gasteiger charge is -2.26. The lowest BCUT2D eigenvalue weighted by Crippen LogP contribution is -2.40. The van der Waals surface area contributed by atoms with Crippen molar-refractivity contribution in [3.63, 3.8) is 0 Å². The fourth-order valence-corrected chi connectivity index (χ4v) is 4.82. The topological polar surface area (TPSA) is 142 Å². The van der Waals surface area contributed by atoms with Gasteiger partial charge in [0.25, 0.3) is 5.91 Å². The van der Waals surface area contributed by atoms with Crippen LogP contribution in [0.5, 0.6) is 0 Å². The lowest BCUT2D eigenvalue weighted by atomic mass is 10.2. The van der Waals surface area contributed by atoms with Crippen LogP contribution < -0.4 is 10.6 Å². The number of nitrogens with one attached hydrogen (secondary N) is 3. The van der Waals surface area contributed by atoms with Gasteiger partial charge in [0.05, 0.1) is 35.0 Å². The Morgan fingerprint density at radius 2 is 1.81 bits per heavy atom. The van der Waals surface area contributed by atoms with E-state index in [-0.39, 0.29) is 10.8 Å². The quantitative estimate of drug-likeness (QED) is 0.359. The number of aromatic amines is 1. The first-order chi connectivity index (χ1) is 17.3. The average molecular weight is 508 g/mol. The number of hydrogen-bond donors (Lipinski definition) is 3. The highest BCUT2D eigenvalue weighted by Gasteiger charge is 2.19. The van der Waals surface area contributed by atoms with E-state index in [4.69, 9.17) is 4.74 Å². The van der Waals surface area contributed by atoms with Crippen molar-refractivity contribution in [1.29, 1.82) is 0 Å². The third-order valence-corrected chi connectivity index (χ3v) is 6.85. The van der Waals surface area contributed by atoms with E-state index in [2.05, 4.69) is 30.6 Å². The van der Waals surface area contributed by atoms with E-state index in [0.717, 1.165) is 0 Å². The number of morpholine rings is 1. The third kappa shape index (κ3) is 4.99. The monoisotopic (exact) mass is 507 g/mol. The van der Waals surface area contributed by atoms with Crippen molar-refractivity contribution < 1.29 is 17.9 Å².